The van der Waals surface area contributed by atoms with Crippen LogP contribution in [0, 0.1) is 0 Å². The number of ether oxygens (including phenoxy) is 1. The Labute approximate surface area is 92.1 Å². The van der Waals surface area contributed by atoms with Crippen molar-refractivity contribution in [1.82, 2.24) is 0 Å². The van der Waals surface area contributed by atoms with Crippen LogP contribution in [0.5, 0.6) is 11.5 Å². The van der Waals surface area contributed by atoms with Gasteiger partial charge in [0, 0.05) is 5.56 Å². The summed E-state index contributed by atoms with van der Waals surface area (Å²) in [6, 6.07) is 2.74. The SMILES string of the molecule is CCOC(=O)Cc1ccc(O)c(Cl)c1O. The first kappa shape index (κ1) is 11.7. The fourth-order valence-electron chi connectivity index (χ4n) is 1.10. The van der Waals surface area contributed by atoms with E-state index in [9.17, 15) is 9.90 Å². The van der Waals surface area contributed by atoms with Gasteiger partial charge in [0.25, 0.3) is 0 Å². The number of hydrogen-bond donors (Lipinski definition) is 2. The minimum absolute atomic E-state index is 0.0698. The Hall–Kier alpha value is -1.42. The monoisotopic (exact) mass is 230 g/mol. The van der Waals surface area contributed by atoms with Crippen molar-refractivity contribution < 1.29 is 19.7 Å². The first-order chi connectivity index (χ1) is 7.06. The van der Waals surface area contributed by atoms with Crippen molar-refractivity contribution >= 4 is 17.6 Å². The molecule has 1 aromatic rings. The molecule has 1 aromatic carbocycles. The summed E-state index contributed by atoms with van der Waals surface area (Å²) in [6.07, 6.45) is -0.0698. The Morgan fingerprint density at radius 3 is 2.73 bits per heavy atom. The highest BCUT2D eigenvalue weighted by molar-refractivity contribution is 6.33. The molecule has 0 saturated heterocycles. The molecule has 0 saturated carbocycles. The topological polar surface area (TPSA) is 66.8 Å². The Morgan fingerprint density at radius 1 is 1.47 bits per heavy atom. The summed E-state index contributed by atoms with van der Waals surface area (Å²) in [5.74, 6) is -0.957. The van der Waals surface area contributed by atoms with E-state index in [1.807, 2.05) is 0 Å². The standard InChI is InChI=1S/C10H11ClO4/c1-2-15-8(13)5-6-3-4-7(12)9(11)10(6)14/h3-4,12,14H,2,5H2,1H3. The van der Waals surface area contributed by atoms with Crippen LogP contribution < -0.4 is 0 Å². The lowest BCUT2D eigenvalue weighted by atomic mass is 10.1. The molecule has 0 radical (unpaired) electrons. The number of phenolic OH excluding ortho intramolecular Hbond substituents is 2. The van der Waals surface area contributed by atoms with E-state index in [0.29, 0.717) is 5.56 Å². The Bertz CT molecular complexity index is 376. The molecule has 0 atom stereocenters. The molecule has 2 N–H and O–H groups in total. The summed E-state index contributed by atoms with van der Waals surface area (Å²) >= 11 is 5.59. The number of carbonyl (C=O) groups is 1. The third-order valence-electron chi connectivity index (χ3n) is 1.82. The zero-order chi connectivity index (χ0) is 11.4. The maximum absolute atomic E-state index is 11.1. The minimum Gasteiger partial charge on any atom is -0.506 e. The average Bonchev–Trinajstić information content (AvgIpc) is 2.20. The molecular weight excluding hydrogens is 220 g/mol. The van der Waals surface area contributed by atoms with Crippen LogP contribution in [0.3, 0.4) is 0 Å². The number of phenols is 2. The summed E-state index contributed by atoms with van der Waals surface area (Å²) < 4.78 is 4.72. The maximum Gasteiger partial charge on any atom is 0.310 e. The lowest BCUT2D eigenvalue weighted by molar-refractivity contribution is -0.142. The van der Waals surface area contributed by atoms with Gasteiger partial charge in [-0.3, -0.25) is 4.79 Å². The molecule has 0 aliphatic carbocycles. The molecule has 4 nitrogen and oxygen atoms in total. The van der Waals surface area contributed by atoms with Gasteiger partial charge in [-0.05, 0) is 13.0 Å². The van der Waals surface area contributed by atoms with Crippen molar-refractivity contribution in [3.63, 3.8) is 0 Å². The van der Waals surface area contributed by atoms with Crippen LogP contribution in [0.1, 0.15) is 12.5 Å². The summed E-state index contributed by atoms with van der Waals surface area (Å²) in [4.78, 5) is 11.1. The van der Waals surface area contributed by atoms with Crippen LogP contribution in [0.15, 0.2) is 12.1 Å². The molecule has 0 aromatic heterocycles. The highest BCUT2D eigenvalue weighted by Gasteiger charge is 2.13. The highest BCUT2D eigenvalue weighted by atomic mass is 35.5. The Kier molecular flexibility index (Phi) is 3.80. The van der Waals surface area contributed by atoms with Gasteiger partial charge >= 0.3 is 5.97 Å². The maximum atomic E-state index is 11.1. The number of esters is 1. The average molecular weight is 231 g/mol. The van der Waals surface area contributed by atoms with Crippen LogP contribution in [0.2, 0.25) is 5.02 Å². The molecular formula is C10H11ClO4. The van der Waals surface area contributed by atoms with Gasteiger partial charge in [0.15, 0.2) is 0 Å². The minimum atomic E-state index is -0.449. The molecule has 82 valence electrons. The van der Waals surface area contributed by atoms with E-state index in [2.05, 4.69) is 0 Å². The van der Waals surface area contributed by atoms with Crippen molar-refractivity contribution in [3.05, 3.63) is 22.7 Å². The van der Waals surface area contributed by atoms with Gasteiger partial charge < -0.3 is 14.9 Å². The number of aromatic hydroxyl groups is 2. The highest BCUT2D eigenvalue weighted by Crippen LogP contribution is 2.35. The van der Waals surface area contributed by atoms with Crippen LogP contribution in [-0.4, -0.2) is 22.8 Å². The number of hydrogen-bond acceptors (Lipinski definition) is 4. The second-order valence-electron chi connectivity index (χ2n) is 2.89. The van der Waals surface area contributed by atoms with Gasteiger partial charge in [0.1, 0.15) is 16.5 Å². The van der Waals surface area contributed by atoms with E-state index in [1.54, 1.807) is 6.92 Å². The molecule has 0 heterocycles. The third-order valence-corrected chi connectivity index (χ3v) is 2.19. The third kappa shape index (κ3) is 2.76. The molecule has 0 spiro atoms. The van der Waals surface area contributed by atoms with Crippen LogP contribution >= 0.6 is 11.6 Å². The predicted octanol–water partition coefficient (Wildman–Crippen LogP) is 1.86. The summed E-state index contributed by atoms with van der Waals surface area (Å²) in [7, 11) is 0. The van der Waals surface area contributed by atoms with Crippen molar-refractivity contribution in [2.45, 2.75) is 13.3 Å². The fourth-order valence-corrected chi connectivity index (χ4v) is 1.29. The smallest absolute Gasteiger partial charge is 0.310 e. The summed E-state index contributed by atoms with van der Waals surface area (Å²) in [5, 5.41) is 18.5. The molecule has 0 aliphatic heterocycles. The lowest BCUT2D eigenvalue weighted by Crippen LogP contribution is -2.07. The zero-order valence-corrected chi connectivity index (χ0v) is 8.91. The number of benzene rings is 1. The largest absolute Gasteiger partial charge is 0.506 e. The van der Waals surface area contributed by atoms with Gasteiger partial charge in [-0.2, -0.15) is 0 Å². The lowest BCUT2D eigenvalue weighted by Gasteiger charge is -2.06. The van der Waals surface area contributed by atoms with E-state index in [1.165, 1.54) is 12.1 Å². The zero-order valence-electron chi connectivity index (χ0n) is 8.16. The summed E-state index contributed by atoms with van der Waals surface area (Å²) in [6.45, 7) is 1.98. The first-order valence-corrected chi connectivity index (χ1v) is 4.79. The van der Waals surface area contributed by atoms with Crippen molar-refractivity contribution in [3.8, 4) is 11.5 Å². The molecule has 5 heteroatoms. The van der Waals surface area contributed by atoms with Crippen LogP contribution in [0.4, 0.5) is 0 Å². The van der Waals surface area contributed by atoms with Crippen molar-refractivity contribution in [2.24, 2.45) is 0 Å². The number of halogens is 1. The second kappa shape index (κ2) is 4.89. The quantitative estimate of drug-likeness (QED) is 0.778. The molecule has 0 amide bonds. The second-order valence-corrected chi connectivity index (χ2v) is 3.27. The predicted molar refractivity (Wildman–Crippen MR) is 55.1 cm³/mol. The Balaban J connectivity index is 2.87. The molecule has 1 rings (SSSR count). The first-order valence-electron chi connectivity index (χ1n) is 4.41. The van der Waals surface area contributed by atoms with Gasteiger partial charge in [-0.25, -0.2) is 0 Å². The van der Waals surface area contributed by atoms with Gasteiger partial charge in [-0.1, -0.05) is 17.7 Å². The fraction of sp³-hybridized carbons (Fsp3) is 0.300. The molecule has 15 heavy (non-hydrogen) atoms. The molecule has 0 aliphatic rings. The Morgan fingerprint density at radius 2 is 2.13 bits per heavy atom. The normalized spacial score (nSPS) is 10.0. The van der Waals surface area contributed by atoms with Crippen molar-refractivity contribution in [1.29, 1.82) is 0 Å². The van der Waals surface area contributed by atoms with Gasteiger partial charge in [0.2, 0.25) is 0 Å². The summed E-state index contributed by atoms with van der Waals surface area (Å²) in [5.41, 5.74) is 0.330. The van der Waals surface area contributed by atoms with E-state index in [0.717, 1.165) is 0 Å². The van der Waals surface area contributed by atoms with E-state index in [-0.39, 0.29) is 29.5 Å². The van der Waals surface area contributed by atoms with E-state index >= 15 is 0 Å². The van der Waals surface area contributed by atoms with Crippen molar-refractivity contribution in [2.75, 3.05) is 6.61 Å². The molecule has 0 bridgehead atoms. The van der Waals surface area contributed by atoms with Crippen LogP contribution in [-0.2, 0) is 16.0 Å². The van der Waals surface area contributed by atoms with E-state index < -0.39 is 5.97 Å². The molecule has 0 fully saturated rings. The van der Waals surface area contributed by atoms with Gasteiger partial charge in [-0.15, -0.1) is 0 Å². The molecule has 0 unspecified atom stereocenters. The van der Waals surface area contributed by atoms with Gasteiger partial charge in [0.05, 0.1) is 13.0 Å². The number of rotatable bonds is 3. The number of carbonyl (C=O) groups excluding carboxylic acids is 1. The van der Waals surface area contributed by atoms with E-state index in [4.69, 9.17) is 21.4 Å². The van der Waals surface area contributed by atoms with Crippen LogP contribution in [0.25, 0.3) is 0 Å².